The summed E-state index contributed by atoms with van der Waals surface area (Å²) in [6.07, 6.45) is 3.66. The molecule has 0 aromatic heterocycles. The predicted molar refractivity (Wildman–Crippen MR) is 45.1 cm³/mol. The maximum atomic E-state index is 11.5. The Morgan fingerprint density at radius 2 is 2.00 bits per heavy atom. The summed E-state index contributed by atoms with van der Waals surface area (Å²) in [5, 5.41) is 0. The Morgan fingerprint density at radius 1 is 1.23 bits per heavy atom. The van der Waals surface area contributed by atoms with E-state index in [4.69, 9.17) is 9.47 Å². The van der Waals surface area contributed by atoms with Crippen LogP contribution in [0.2, 0.25) is 0 Å². The lowest BCUT2D eigenvalue weighted by Crippen LogP contribution is -2.51. The molecule has 0 radical (unpaired) electrons. The van der Waals surface area contributed by atoms with Gasteiger partial charge in [0, 0.05) is 24.7 Å². The minimum absolute atomic E-state index is 0.225. The molecular formula is C10H14O3. The van der Waals surface area contributed by atoms with Crippen LogP contribution in [-0.2, 0) is 14.3 Å². The number of hydrogen-bond acceptors (Lipinski definition) is 3. The van der Waals surface area contributed by atoms with Crippen LogP contribution in [0.4, 0.5) is 0 Å². The molecule has 0 aromatic carbocycles. The van der Waals surface area contributed by atoms with Crippen LogP contribution < -0.4 is 0 Å². The third-order valence-corrected chi connectivity index (χ3v) is 3.70. The van der Waals surface area contributed by atoms with Gasteiger partial charge in [-0.25, -0.2) is 0 Å². The molecule has 2 atom stereocenters. The van der Waals surface area contributed by atoms with E-state index < -0.39 is 0 Å². The van der Waals surface area contributed by atoms with Crippen molar-refractivity contribution >= 4 is 5.78 Å². The monoisotopic (exact) mass is 182 g/mol. The number of hydrogen-bond donors (Lipinski definition) is 0. The number of ether oxygens (including phenoxy) is 2. The van der Waals surface area contributed by atoms with Crippen molar-refractivity contribution in [3.63, 3.8) is 0 Å². The summed E-state index contributed by atoms with van der Waals surface area (Å²) in [5.41, 5.74) is 0. The van der Waals surface area contributed by atoms with Crippen LogP contribution in [0, 0.1) is 11.8 Å². The molecule has 4 aliphatic rings. The highest BCUT2D eigenvalue weighted by molar-refractivity contribution is 5.83. The van der Waals surface area contributed by atoms with Crippen molar-refractivity contribution in [2.24, 2.45) is 11.8 Å². The number of Topliss-reactive ketones (excluding diaryl/α,β-unsaturated/α-hetero) is 1. The van der Waals surface area contributed by atoms with E-state index in [0.717, 1.165) is 19.3 Å². The molecule has 4 rings (SSSR count). The molecule has 0 N–H and O–H groups in total. The first-order valence-corrected chi connectivity index (χ1v) is 5.11. The highest BCUT2D eigenvalue weighted by Gasteiger charge is 2.54. The summed E-state index contributed by atoms with van der Waals surface area (Å²) < 4.78 is 11.4. The molecule has 72 valence electrons. The topological polar surface area (TPSA) is 35.5 Å². The van der Waals surface area contributed by atoms with Crippen molar-refractivity contribution in [3.05, 3.63) is 0 Å². The maximum absolute atomic E-state index is 11.5. The molecule has 0 unspecified atom stereocenters. The number of rotatable bonds is 0. The van der Waals surface area contributed by atoms with Gasteiger partial charge in [-0.05, 0) is 12.8 Å². The number of fused-ring (bicyclic) bond motifs is 2. The second-order valence-corrected chi connectivity index (χ2v) is 4.35. The third-order valence-electron chi connectivity index (χ3n) is 3.70. The number of carbonyl (C=O) groups excluding carboxylic acids is 1. The standard InChI is InChI=1S/C10H14O3/c11-9-5-8-2-1-7(9)6-10(8)12-3-4-13-10/h7-8H,1-6H2/t7-,8+/m0/s1. The van der Waals surface area contributed by atoms with Crippen LogP contribution in [0.3, 0.4) is 0 Å². The Hall–Kier alpha value is -0.410. The van der Waals surface area contributed by atoms with E-state index in [1.54, 1.807) is 0 Å². The van der Waals surface area contributed by atoms with Crippen LogP contribution in [0.25, 0.3) is 0 Å². The van der Waals surface area contributed by atoms with E-state index >= 15 is 0 Å². The fourth-order valence-electron chi connectivity index (χ4n) is 3.00. The lowest BCUT2D eigenvalue weighted by molar-refractivity contribution is -0.234. The highest BCUT2D eigenvalue weighted by atomic mass is 16.7. The van der Waals surface area contributed by atoms with Crippen molar-refractivity contribution in [2.75, 3.05) is 13.2 Å². The predicted octanol–water partition coefficient (Wildman–Crippen LogP) is 1.12. The van der Waals surface area contributed by atoms with Crippen LogP contribution in [0.5, 0.6) is 0 Å². The van der Waals surface area contributed by atoms with Crippen molar-refractivity contribution in [1.29, 1.82) is 0 Å². The normalized spacial score (nSPS) is 41.7. The summed E-state index contributed by atoms with van der Waals surface area (Å²) in [4.78, 5) is 11.5. The molecule has 1 heterocycles. The molecule has 1 aliphatic heterocycles. The van der Waals surface area contributed by atoms with Gasteiger partial charge in [0.15, 0.2) is 5.79 Å². The summed E-state index contributed by atoms with van der Waals surface area (Å²) in [6, 6.07) is 0. The first-order chi connectivity index (χ1) is 6.30. The van der Waals surface area contributed by atoms with Gasteiger partial charge in [-0.2, -0.15) is 0 Å². The van der Waals surface area contributed by atoms with Gasteiger partial charge in [0.2, 0.25) is 0 Å². The van der Waals surface area contributed by atoms with E-state index in [-0.39, 0.29) is 11.7 Å². The van der Waals surface area contributed by atoms with E-state index in [1.807, 2.05) is 0 Å². The van der Waals surface area contributed by atoms with E-state index in [2.05, 4.69) is 0 Å². The number of ketones is 1. The average molecular weight is 182 g/mol. The molecule has 3 aliphatic carbocycles. The van der Waals surface area contributed by atoms with Crippen molar-refractivity contribution in [1.82, 2.24) is 0 Å². The van der Waals surface area contributed by atoms with Crippen LogP contribution in [-0.4, -0.2) is 24.8 Å². The van der Waals surface area contributed by atoms with Crippen molar-refractivity contribution in [2.45, 2.75) is 31.5 Å². The minimum atomic E-state index is -0.350. The Bertz CT molecular complexity index is 243. The number of carbonyl (C=O) groups is 1. The SMILES string of the molecule is O=C1C[C@H]2CC[C@H]1CC21OCCO1. The van der Waals surface area contributed by atoms with Crippen molar-refractivity contribution < 1.29 is 14.3 Å². The molecule has 1 spiro atoms. The molecule has 3 nitrogen and oxygen atoms in total. The molecular weight excluding hydrogens is 168 g/mol. The maximum Gasteiger partial charge on any atom is 0.172 e. The Kier molecular flexibility index (Phi) is 1.56. The zero-order valence-electron chi connectivity index (χ0n) is 7.62. The summed E-state index contributed by atoms with van der Waals surface area (Å²) in [7, 11) is 0. The second kappa shape index (κ2) is 2.55. The average Bonchev–Trinajstić information content (AvgIpc) is 2.57. The largest absolute Gasteiger partial charge is 0.347 e. The van der Waals surface area contributed by atoms with Gasteiger partial charge in [-0.3, -0.25) is 4.79 Å². The molecule has 13 heavy (non-hydrogen) atoms. The van der Waals surface area contributed by atoms with Crippen LogP contribution in [0.15, 0.2) is 0 Å². The highest BCUT2D eigenvalue weighted by Crippen LogP contribution is 2.49. The Morgan fingerprint density at radius 3 is 2.54 bits per heavy atom. The quantitative estimate of drug-likeness (QED) is 0.563. The van der Waals surface area contributed by atoms with Gasteiger partial charge < -0.3 is 9.47 Å². The fraction of sp³-hybridized carbons (Fsp3) is 0.900. The smallest absolute Gasteiger partial charge is 0.172 e. The molecule has 4 fully saturated rings. The van der Waals surface area contributed by atoms with E-state index in [0.29, 0.717) is 31.3 Å². The lowest BCUT2D eigenvalue weighted by Gasteiger charge is -2.46. The molecule has 3 saturated carbocycles. The van der Waals surface area contributed by atoms with E-state index in [9.17, 15) is 4.79 Å². The van der Waals surface area contributed by atoms with Gasteiger partial charge in [0.05, 0.1) is 13.2 Å². The minimum Gasteiger partial charge on any atom is -0.347 e. The summed E-state index contributed by atoms with van der Waals surface area (Å²) >= 11 is 0. The molecule has 3 heteroatoms. The Balaban J connectivity index is 1.89. The van der Waals surface area contributed by atoms with Crippen LogP contribution in [0.1, 0.15) is 25.7 Å². The Labute approximate surface area is 77.4 Å². The van der Waals surface area contributed by atoms with Crippen molar-refractivity contribution in [3.8, 4) is 0 Å². The molecule has 2 bridgehead atoms. The van der Waals surface area contributed by atoms with Gasteiger partial charge in [0.1, 0.15) is 5.78 Å². The van der Waals surface area contributed by atoms with Gasteiger partial charge in [-0.15, -0.1) is 0 Å². The van der Waals surface area contributed by atoms with Gasteiger partial charge in [-0.1, -0.05) is 0 Å². The van der Waals surface area contributed by atoms with Gasteiger partial charge >= 0.3 is 0 Å². The van der Waals surface area contributed by atoms with Gasteiger partial charge in [0.25, 0.3) is 0 Å². The van der Waals surface area contributed by atoms with E-state index in [1.165, 1.54) is 0 Å². The molecule has 0 aromatic rings. The first kappa shape index (κ1) is 7.94. The fourth-order valence-corrected chi connectivity index (χ4v) is 3.00. The summed E-state index contributed by atoms with van der Waals surface area (Å²) in [6.45, 7) is 1.41. The molecule has 1 saturated heterocycles. The van der Waals surface area contributed by atoms with Crippen LogP contribution >= 0.6 is 0 Å². The zero-order valence-corrected chi connectivity index (χ0v) is 7.62. The second-order valence-electron chi connectivity index (χ2n) is 4.35. The lowest BCUT2D eigenvalue weighted by atomic mass is 9.66. The molecule has 0 amide bonds. The zero-order chi connectivity index (χ0) is 8.89. The third kappa shape index (κ3) is 1.00. The first-order valence-electron chi connectivity index (χ1n) is 5.11. The summed E-state index contributed by atoms with van der Waals surface area (Å²) in [5.74, 6) is 0.646.